The Hall–Kier alpha value is -2.17. The summed E-state index contributed by atoms with van der Waals surface area (Å²) in [4.78, 5) is 19.5. The molecule has 1 atom stereocenters. The van der Waals surface area contributed by atoms with Crippen LogP contribution in [-0.4, -0.2) is 67.9 Å². The quantitative estimate of drug-likeness (QED) is 0.802. The van der Waals surface area contributed by atoms with Crippen LogP contribution >= 0.6 is 0 Å². The van der Waals surface area contributed by atoms with Crippen LogP contribution in [0.5, 0.6) is 0 Å². The second-order valence-electron chi connectivity index (χ2n) is 6.67. The van der Waals surface area contributed by atoms with Crippen molar-refractivity contribution in [3.63, 3.8) is 0 Å². The van der Waals surface area contributed by atoms with Crippen molar-refractivity contribution < 1.29 is 14.3 Å². The molecule has 0 N–H and O–H groups in total. The molecule has 1 amide bonds. The molecule has 130 valence electrons. The van der Waals surface area contributed by atoms with Gasteiger partial charge in [0.15, 0.2) is 0 Å². The maximum atomic E-state index is 11.6. The third kappa shape index (κ3) is 4.66. The van der Waals surface area contributed by atoms with E-state index in [1.54, 1.807) is 32.4 Å². The monoisotopic (exact) mass is 332 g/mol. The second kappa shape index (κ2) is 7.60. The molecule has 7 heteroatoms. The van der Waals surface area contributed by atoms with Crippen LogP contribution in [0.1, 0.15) is 19.4 Å². The zero-order valence-electron chi connectivity index (χ0n) is 14.7. The predicted octanol–water partition coefficient (Wildman–Crippen LogP) is 1.04. The Morgan fingerprint density at radius 3 is 3.00 bits per heavy atom. The average molecular weight is 332 g/mol. The third-order valence-electron chi connectivity index (χ3n) is 3.72. The highest BCUT2D eigenvalue weighted by molar-refractivity contribution is 5.76. The van der Waals surface area contributed by atoms with Gasteiger partial charge >= 0.3 is 0 Å². The molecule has 1 aromatic rings. The number of morpholine rings is 1. The third-order valence-corrected chi connectivity index (χ3v) is 3.72. The Labute approximate surface area is 142 Å². The average Bonchev–Trinajstić information content (AvgIpc) is 2.53. The number of pyridine rings is 1. The first kappa shape index (κ1) is 18.2. The molecule has 24 heavy (non-hydrogen) atoms. The van der Waals surface area contributed by atoms with Crippen molar-refractivity contribution in [1.29, 1.82) is 5.26 Å². The van der Waals surface area contributed by atoms with Crippen molar-refractivity contribution in [2.45, 2.75) is 25.6 Å². The first-order valence-corrected chi connectivity index (χ1v) is 7.88. The van der Waals surface area contributed by atoms with Crippen LogP contribution in [0.15, 0.2) is 18.3 Å². The van der Waals surface area contributed by atoms with Crippen molar-refractivity contribution >= 4 is 11.7 Å². The van der Waals surface area contributed by atoms with Crippen molar-refractivity contribution in [3.8, 4) is 6.07 Å². The summed E-state index contributed by atoms with van der Waals surface area (Å²) in [6.07, 6.45) is 1.48. The number of hydrogen-bond acceptors (Lipinski definition) is 6. The SMILES string of the molecule is CN(C)C(=O)COCC1CN(c2ncccc2C#N)CC(C)(C)O1. The zero-order chi connectivity index (χ0) is 17.7. The maximum absolute atomic E-state index is 11.6. The minimum atomic E-state index is -0.401. The highest BCUT2D eigenvalue weighted by atomic mass is 16.5. The molecule has 0 spiro atoms. The number of anilines is 1. The molecule has 1 aromatic heterocycles. The lowest BCUT2D eigenvalue weighted by Crippen LogP contribution is -2.54. The largest absolute Gasteiger partial charge is 0.369 e. The van der Waals surface area contributed by atoms with Gasteiger partial charge in [0, 0.05) is 33.4 Å². The summed E-state index contributed by atoms with van der Waals surface area (Å²) < 4.78 is 11.5. The molecule has 2 heterocycles. The number of nitrogens with zero attached hydrogens (tertiary/aromatic N) is 4. The highest BCUT2D eigenvalue weighted by Gasteiger charge is 2.35. The fourth-order valence-electron chi connectivity index (χ4n) is 2.69. The second-order valence-corrected chi connectivity index (χ2v) is 6.67. The van der Waals surface area contributed by atoms with E-state index in [4.69, 9.17) is 9.47 Å². The highest BCUT2D eigenvalue weighted by Crippen LogP contribution is 2.26. The molecule has 0 aromatic carbocycles. The van der Waals surface area contributed by atoms with E-state index in [0.717, 1.165) is 0 Å². The fraction of sp³-hybridized carbons (Fsp3) is 0.588. The minimum absolute atomic E-state index is 0.0281. The van der Waals surface area contributed by atoms with Crippen LogP contribution < -0.4 is 4.90 Å². The van der Waals surface area contributed by atoms with Gasteiger partial charge in [-0.25, -0.2) is 4.98 Å². The van der Waals surface area contributed by atoms with E-state index in [2.05, 4.69) is 11.1 Å². The van der Waals surface area contributed by atoms with E-state index in [1.165, 1.54) is 4.90 Å². The molecule has 0 aliphatic carbocycles. The lowest BCUT2D eigenvalue weighted by molar-refractivity contribution is -0.139. The number of nitriles is 1. The molecular formula is C17H24N4O3. The van der Waals surface area contributed by atoms with E-state index >= 15 is 0 Å². The van der Waals surface area contributed by atoms with Crippen molar-refractivity contribution in [1.82, 2.24) is 9.88 Å². The predicted molar refractivity (Wildman–Crippen MR) is 89.6 cm³/mol. The molecular weight excluding hydrogens is 308 g/mol. The van der Waals surface area contributed by atoms with Crippen LogP contribution in [0.25, 0.3) is 0 Å². The van der Waals surface area contributed by atoms with E-state index in [0.29, 0.717) is 31.1 Å². The van der Waals surface area contributed by atoms with Gasteiger partial charge in [-0.05, 0) is 26.0 Å². The van der Waals surface area contributed by atoms with Gasteiger partial charge in [-0.2, -0.15) is 5.26 Å². The van der Waals surface area contributed by atoms with E-state index in [1.807, 2.05) is 18.7 Å². The van der Waals surface area contributed by atoms with Gasteiger partial charge in [-0.15, -0.1) is 0 Å². The minimum Gasteiger partial charge on any atom is -0.369 e. The van der Waals surface area contributed by atoms with Crippen LogP contribution in [0.3, 0.4) is 0 Å². The van der Waals surface area contributed by atoms with Gasteiger partial charge in [0.25, 0.3) is 0 Å². The number of carbonyl (C=O) groups excluding carboxylic acids is 1. The number of amides is 1. The Morgan fingerprint density at radius 2 is 2.33 bits per heavy atom. The number of rotatable bonds is 5. The van der Waals surface area contributed by atoms with Gasteiger partial charge in [0.1, 0.15) is 18.5 Å². The first-order valence-electron chi connectivity index (χ1n) is 7.88. The number of aromatic nitrogens is 1. The maximum Gasteiger partial charge on any atom is 0.248 e. The van der Waals surface area contributed by atoms with Crippen molar-refractivity contribution in [3.05, 3.63) is 23.9 Å². The normalized spacial score (nSPS) is 19.6. The standard InChI is InChI=1S/C17H24N4O3/c1-17(2)12-21(16-13(8-18)6-5-7-19-16)9-14(24-17)10-23-11-15(22)20(3)4/h5-7,14H,9-12H2,1-4H3. The van der Waals surface area contributed by atoms with E-state index < -0.39 is 5.60 Å². The van der Waals surface area contributed by atoms with Gasteiger partial charge in [0.05, 0.1) is 23.9 Å². The summed E-state index contributed by atoms with van der Waals surface area (Å²) >= 11 is 0. The molecule has 0 radical (unpaired) electrons. The van der Waals surface area contributed by atoms with Crippen LogP contribution in [0.4, 0.5) is 5.82 Å². The van der Waals surface area contributed by atoms with Crippen LogP contribution in [0.2, 0.25) is 0 Å². The number of ether oxygens (including phenoxy) is 2. The zero-order valence-corrected chi connectivity index (χ0v) is 14.7. The Kier molecular flexibility index (Phi) is 5.75. The smallest absolute Gasteiger partial charge is 0.248 e. The van der Waals surface area contributed by atoms with Gasteiger partial charge < -0.3 is 19.3 Å². The summed E-state index contributed by atoms with van der Waals surface area (Å²) in [7, 11) is 3.39. The van der Waals surface area contributed by atoms with Crippen molar-refractivity contribution in [2.75, 3.05) is 45.3 Å². The number of likely N-dealkylation sites (N-methyl/N-ethyl adjacent to an activating group) is 1. The topological polar surface area (TPSA) is 78.7 Å². The van der Waals surface area contributed by atoms with E-state index in [-0.39, 0.29) is 18.6 Å². The molecule has 0 bridgehead atoms. The van der Waals surface area contributed by atoms with Gasteiger partial charge in [-0.3, -0.25) is 4.79 Å². The summed E-state index contributed by atoms with van der Waals surface area (Å²) in [5.41, 5.74) is 0.139. The number of carbonyl (C=O) groups is 1. The summed E-state index contributed by atoms with van der Waals surface area (Å²) in [6.45, 7) is 5.52. The molecule has 7 nitrogen and oxygen atoms in total. The van der Waals surface area contributed by atoms with Crippen LogP contribution in [-0.2, 0) is 14.3 Å². The first-order chi connectivity index (χ1) is 11.3. The molecule has 1 saturated heterocycles. The molecule has 2 rings (SSSR count). The molecule has 1 fully saturated rings. The lowest BCUT2D eigenvalue weighted by atomic mass is 10.0. The summed E-state index contributed by atoms with van der Waals surface area (Å²) in [5.74, 6) is 0.573. The molecule has 0 saturated carbocycles. The van der Waals surface area contributed by atoms with Crippen LogP contribution in [0, 0.1) is 11.3 Å². The molecule has 1 aliphatic heterocycles. The van der Waals surface area contributed by atoms with Crippen molar-refractivity contribution in [2.24, 2.45) is 0 Å². The fourth-order valence-corrected chi connectivity index (χ4v) is 2.69. The summed E-state index contributed by atoms with van der Waals surface area (Å²) in [6, 6.07) is 5.69. The lowest BCUT2D eigenvalue weighted by Gasteiger charge is -2.43. The Balaban J connectivity index is 2.04. The molecule has 1 aliphatic rings. The van der Waals surface area contributed by atoms with Gasteiger partial charge in [-0.1, -0.05) is 0 Å². The van der Waals surface area contributed by atoms with Gasteiger partial charge in [0.2, 0.25) is 5.91 Å². The Morgan fingerprint density at radius 1 is 1.58 bits per heavy atom. The summed E-state index contributed by atoms with van der Waals surface area (Å²) in [5, 5.41) is 9.28. The Bertz CT molecular complexity index is 625. The number of hydrogen-bond donors (Lipinski definition) is 0. The van der Waals surface area contributed by atoms with E-state index in [9.17, 15) is 10.1 Å². The molecule has 1 unspecified atom stereocenters.